The highest BCUT2D eigenvalue weighted by Crippen LogP contribution is 2.49. The van der Waals surface area contributed by atoms with E-state index in [0.29, 0.717) is 26.6 Å². The molecule has 3 aliphatic carbocycles. The predicted molar refractivity (Wildman–Crippen MR) is 128 cm³/mol. The molecule has 2 bridgehead atoms. The van der Waals surface area contributed by atoms with Crippen LogP contribution in [0.4, 0.5) is 0 Å². The Balaban J connectivity index is 1.35. The number of fused-ring (bicyclic) bond motifs is 1. The van der Waals surface area contributed by atoms with E-state index in [-0.39, 0.29) is 42.1 Å². The molecule has 8 heteroatoms. The van der Waals surface area contributed by atoms with Crippen LogP contribution in [0.1, 0.15) is 24.0 Å². The molecule has 0 spiro atoms. The van der Waals surface area contributed by atoms with Gasteiger partial charge >= 0.3 is 0 Å². The summed E-state index contributed by atoms with van der Waals surface area (Å²) in [6, 6.07) is 11.0. The SMILES string of the molecule is COc1cc(C=NN2C(=O)C3C4C=CC(CC4)C3C2=O)cc(Br)c1OCc1ccccc1Cl. The van der Waals surface area contributed by atoms with Gasteiger partial charge in [-0.2, -0.15) is 10.1 Å². The number of allylic oxidation sites excluding steroid dienone is 2. The minimum absolute atomic E-state index is 0.139. The summed E-state index contributed by atoms with van der Waals surface area (Å²) in [6.45, 7) is 0.276. The van der Waals surface area contributed by atoms with Crippen molar-refractivity contribution < 1.29 is 19.1 Å². The number of ether oxygens (including phenoxy) is 2. The summed E-state index contributed by atoms with van der Waals surface area (Å²) in [6.07, 6.45) is 7.61. The Bertz CT molecular complexity index is 1150. The van der Waals surface area contributed by atoms with Crippen molar-refractivity contribution in [1.82, 2.24) is 5.01 Å². The maximum absolute atomic E-state index is 12.9. The van der Waals surface area contributed by atoms with E-state index in [1.807, 2.05) is 24.3 Å². The third-order valence-corrected chi connectivity index (χ3v) is 7.60. The summed E-state index contributed by atoms with van der Waals surface area (Å²) in [7, 11) is 1.55. The maximum Gasteiger partial charge on any atom is 0.254 e. The number of rotatable bonds is 6. The Morgan fingerprint density at radius 1 is 1.12 bits per heavy atom. The second-order valence-corrected chi connectivity index (χ2v) is 9.75. The molecular formula is C25H22BrClN2O4. The van der Waals surface area contributed by atoms with Crippen LogP contribution in [0.3, 0.4) is 0 Å². The van der Waals surface area contributed by atoms with E-state index in [1.54, 1.807) is 19.2 Å². The van der Waals surface area contributed by atoms with Gasteiger partial charge in [-0.15, -0.1) is 0 Å². The standard InChI is InChI=1S/C25H22BrClN2O4/c1-32-20-11-14(10-18(26)23(20)33-13-17-4-2-3-5-19(17)27)12-28-29-24(30)21-15-6-7-16(9-8-15)22(21)25(29)31/h2-7,10-12,15-16,21-22H,8-9,13H2,1H3. The molecule has 6 rings (SSSR count). The number of imide groups is 1. The number of hydrogen-bond acceptors (Lipinski definition) is 5. The van der Waals surface area contributed by atoms with Crippen LogP contribution >= 0.6 is 27.5 Å². The smallest absolute Gasteiger partial charge is 0.254 e. The largest absolute Gasteiger partial charge is 0.493 e. The Labute approximate surface area is 205 Å². The van der Waals surface area contributed by atoms with E-state index in [9.17, 15) is 9.59 Å². The van der Waals surface area contributed by atoms with Gasteiger partial charge in [0.05, 0.1) is 29.6 Å². The number of methoxy groups -OCH3 is 1. The maximum atomic E-state index is 12.9. The Morgan fingerprint density at radius 3 is 2.39 bits per heavy atom. The summed E-state index contributed by atoms with van der Waals surface area (Å²) in [5.41, 5.74) is 1.52. The number of carbonyl (C=O) groups excluding carboxylic acids is 2. The minimum Gasteiger partial charge on any atom is -0.493 e. The summed E-state index contributed by atoms with van der Waals surface area (Å²) in [5.74, 6) is 0.336. The molecule has 4 unspecified atom stereocenters. The van der Waals surface area contributed by atoms with Gasteiger partial charge < -0.3 is 9.47 Å². The number of amides is 2. The summed E-state index contributed by atoms with van der Waals surface area (Å²) < 4.78 is 12.1. The summed E-state index contributed by atoms with van der Waals surface area (Å²) in [5, 5.41) is 5.95. The molecule has 4 atom stereocenters. The number of benzene rings is 2. The first-order valence-electron chi connectivity index (χ1n) is 10.8. The monoisotopic (exact) mass is 528 g/mol. The first kappa shape index (κ1) is 22.2. The molecule has 1 aliphatic heterocycles. The minimum atomic E-state index is -0.278. The van der Waals surface area contributed by atoms with Gasteiger partial charge in [0.1, 0.15) is 6.61 Å². The van der Waals surface area contributed by atoms with Crippen LogP contribution in [-0.4, -0.2) is 30.1 Å². The second-order valence-electron chi connectivity index (χ2n) is 8.49. The van der Waals surface area contributed by atoms with Crippen molar-refractivity contribution >= 4 is 45.6 Å². The quantitative estimate of drug-likeness (QED) is 0.292. The van der Waals surface area contributed by atoms with E-state index in [0.717, 1.165) is 23.4 Å². The molecule has 1 saturated heterocycles. The first-order chi connectivity index (χ1) is 16.0. The Kier molecular flexibility index (Phi) is 6.01. The number of halogens is 2. The van der Waals surface area contributed by atoms with E-state index in [2.05, 4.69) is 33.2 Å². The van der Waals surface area contributed by atoms with Crippen LogP contribution in [0.5, 0.6) is 11.5 Å². The van der Waals surface area contributed by atoms with Gasteiger partial charge in [-0.05, 0) is 64.4 Å². The number of nitrogens with zero attached hydrogens (tertiary/aromatic N) is 2. The number of hydrogen-bond donors (Lipinski definition) is 0. The predicted octanol–water partition coefficient (Wildman–Crippen LogP) is 5.22. The molecule has 170 valence electrons. The van der Waals surface area contributed by atoms with Crippen molar-refractivity contribution in [3.8, 4) is 11.5 Å². The van der Waals surface area contributed by atoms with Crippen LogP contribution < -0.4 is 9.47 Å². The second kappa shape index (κ2) is 8.95. The lowest BCUT2D eigenvalue weighted by atomic mass is 9.63. The van der Waals surface area contributed by atoms with Crippen LogP contribution in [0, 0.1) is 23.7 Å². The molecule has 0 radical (unpaired) electrons. The van der Waals surface area contributed by atoms with Crippen LogP contribution in [0.2, 0.25) is 5.02 Å². The average Bonchev–Trinajstić information content (AvgIpc) is 3.10. The molecule has 2 amide bonds. The highest BCUT2D eigenvalue weighted by Gasteiger charge is 2.56. The lowest BCUT2D eigenvalue weighted by Crippen LogP contribution is -2.38. The molecule has 2 aromatic rings. The first-order valence-corrected chi connectivity index (χ1v) is 12.0. The molecule has 6 nitrogen and oxygen atoms in total. The normalized spacial score (nSPS) is 25.7. The van der Waals surface area contributed by atoms with Crippen molar-refractivity contribution in [2.45, 2.75) is 19.4 Å². The van der Waals surface area contributed by atoms with Crippen LogP contribution in [-0.2, 0) is 16.2 Å². The molecule has 2 fully saturated rings. The van der Waals surface area contributed by atoms with Crippen molar-refractivity contribution in [2.24, 2.45) is 28.8 Å². The molecule has 33 heavy (non-hydrogen) atoms. The van der Waals surface area contributed by atoms with Crippen molar-refractivity contribution in [3.05, 3.63) is 69.2 Å². The third-order valence-electron chi connectivity index (χ3n) is 6.64. The lowest BCUT2D eigenvalue weighted by molar-refractivity contribution is -0.140. The average molecular weight is 530 g/mol. The van der Waals surface area contributed by atoms with Gasteiger partial charge in [-0.25, -0.2) is 0 Å². The molecule has 4 aliphatic rings. The van der Waals surface area contributed by atoms with Gasteiger partial charge in [0.15, 0.2) is 11.5 Å². The van der Waals surface area contributed by atoms with Crippen LogP contribution in [0.25, 0.3) is 0 Å². The van der Waals surface area contributed by atoms with Gasteiger partial charge in [0, 0.05) is 10.6 Å². The molecule has 0 aromatic heterocycles. The Hall–Kier alpha value is -2.64. The molecule has 2 aromatic carbocycles. The lowest BCUT2D eigenvalue weighted by Gasteiger charge is -2.37. The molecule has 1 heterocycles. The zero-order chi connectivity index (χ0) is 23.1. The van der Waals surface area contributed by atoms with Crippen molar-refractivity contribution in [3.63, 3.8) is 0 Å². The van der Waals surface area contributed by atoms with Crippen LogP contribution in [0.15, 0.2) is 58.1 Å². The highest BCUT2D eigenvalue weighted by atomic mass is 79.9. The van der Waals surface area contributed by atoms with E-state index in [4.69, 9.17) is 21.1 Å². The van der Waals surface area contributed by atoms with Gasteiger partial charge in [0.25, 0.3) is 11.8 Å². The molecular weight excluding hydrogens is 508 g/mol. The van der Waals surface area contributed by atoms with Gasteiger partial charge in [-0.1, -0.05) is 42.0 Å². The zero-order valence-corrected chi connectivity index (χ0v) is 20.3. The summed E-state index contributed by atoms with van der Waals surface area (Å²) in [4.78, 5) is 25.9. The van der Waals surface area contributed by atoms with Gasteiger partial charge in [0.2, 0.25) is 0 Å². The summed E-state index contributed by atoms with van der Waals surface area (Å²) >= 11 is 9.75. The number of carbonyl (C=O) groups is 2. The molecule has 0 N–H and O–H groups in total. The van der Waals surface area contributed by atoms with E-state index in [1.165, 1.54) is 6.21 Å². The Morgan fingerprint density at radius 2 is 1.79 bits per heavy atom. The van der Waals surface area contributed by atoms with Crippen molar-refractivity contribution in [1.29, 1.82) is 0 Å². The fourth-order valence-electron chi connectivity index (χ4n) is 5.02. The van der Waals surface area contributed by atoms with E-state index < -0.39 is 0 Å². The fraction of sp³-hybridized carbons (Fsp3) is 0.320. The highest BCUT2D eigenvalue weighted by molar-refractivity contribution is 9.10. The fourth-order valence-corrected chi connectivity index (χ4v) is 5.78. The molecule has 1 saturated carbocycles. The third kappa shape index (κ3) is 3.97. The van der Waals surface area contributed by atoms with E-state index >= 15 is 0 Å². The van der Waals surface area contributed by atoms with Gasteiger partial charge in [-0.3, -0.25) is 9.59 Å². The zero-order valence-electron chi connectivity index (χ0n) is 17.9. The van der Waals surface area contributed by atoms with Crippen molar-refractivity contribution in [2.75, 3.05) is 7.11 Å². The topological polar surface area (TPSA) is 68.2 Å². The number of hydrazone groups is 1.